The van der Waals surface area contributed by atoms with E-state index in [4.69, 9.17) is 0 Å². The summed E-state index contributed by atoms with van der Waals surface area (Å²) >= 11 is 1.39. The molecule has 0 heterocycles. The monoisotopic (exact) mass is 281 g/mol. The van der Waals surface area contributed by atoms with E-state index in [-0.39, 0.29) is 9.96 Å². The number of hydrogen-bond donors (Lipinski definition) is 0. The molecule has 0 spiro atoms. The summed E-state index contributed by atoms with van der Waals surface area (Å²) in [4.78, 5) is 22.2. The van der Waals surface area contributed by atoms with Crippen molar-refractivity contribution in [3.05, 3.63) is 0 Å². The molecule has 0 saturated heterocycles. The molecule has 0 saturated carbocycles. The van der Waals surface area contributed by atoms with Crippen LogP contribution in [0.25, 0.3) is 0 Å². The maximum absolute atomic E-state index is 11.1. The Labute approximate surface area is 95.5 Å². The van der Waals surface area contributed by atoms with Crippen LogP contribution in [-0.2, 0) is 29.4 Å². The van der Waals surface area contributed by atoms with Crippen molar-refractivity contribution in [3.63, 3.8) is 0 Å². The zero-order valence-electron chi connectivity index (χ0n) is 9.12. The molecule has 5 heteroatoms. The first-order valence-corrected chi connectivity index (χ1v) is 5.26. The molecule has 0 aromatic rings. The van der Waals surface area contributed by atoms with E-state index in [0.717, 1.165) is 0 Å². The minimum atomic E-state index is -0.839. The molecule has 0 aliphatic carbocycles. The van der Waals surface area contributed by atoms with E-state index in [0.29, 0.717) is 0 Å². The van der Waals surface area contributed by atoms with E-state index in [2.05, 4.69) is 10.2 Å². The Bertz CT molecular complexity index is 255. The Hall–Kier alpha value is -0.372. The van der Waals surface area contributed by atoms with Crippen LogP contribution < -0.4 is 0 Å². The van der Waals surface area contributed by atoms with Crippen molar-refractivity contribution < 1.29 is 29.4 Å². The van der Waals surface area contributed by atoms with Gasteiger partial charge in [-0.15, -0.1) is 0 Å². The van der Waals surface area contributed by atoms with Gasteiger partial charge in [-0.25, -0.2) is 0 Å². The predicted octanol–water partition coefficient (Wildman–Crippen LogP) is 1.66. The van der Waals surface area contributed by atoms with Crippen LogP contribution in [0, 0.1) is 0 Å². The molecule has 79 valence electrons. The molecule has 0 atom stereocenters. The Balaban J connectivity index is 4.76. The van der Waals surface area contributed by atoms with Crippen LogP contribution in [0.3, 0.4) is 0 Å². The molecular weight excluding hydrogens is 264 g/mol. The van der Waals surface area contributed by atoms with Gasteiger partial charge in [-0.3, -0.25) is 0 Å². The number of nitrogens with zero attached hydrogens (tertiary/aromatic N) is 2. The predicted molar refractivity (Wildman–Crippen MR) is 48.7 cm³/mol. The standard InChI is InChI=1S/C9H15N2O2.Mo/c1-7(13)9(4,5)11-10-8(2,3)6-12;/h1-5H3;. The second-order valence-corrected chi connectivity index (χ2v) is 5.07. The molecule has 4 nitrogen and oxygen atoms in total. The summed E-state index contributed by atoms with van der Waals surface area (Å²) < 4.78 is -0.0589. The quantitative estimate of drug-likeness (QED) is 0.580. The number of hydrogen-bond acceptors (Lipinski definition) is 4. The van der Waals surface area contributed by atoms with Gasteiger partial charge < -0.3 is 0 Å². The van der Waals surface area contributed by atoms with Crippen LogP contribution in [0.15, 0.2) is 10.2 Å². The number of azo groups is 1. The van der Waals surface area contributed by atoms with Gasteiger partial charge in [0.2, 0.25) is 0 Å². The number of Topliss-reactive ketones (excluding diaryl/α,β-unsaturated/α-hetero) is 1. The fourth-order valence-corrected chi connectivity index (χ4v) is 0.462. The van der Waals surface area contributed by atoms with Gasteiger partial charge >= 0.3 is 95.3 Å². The van der Waals surface area contributed by atoms with Crippen LogP contribution in [0.2, 0.25) is 0 Å². The second-order valence-electron chi connectivity index (χ2n) is 4.16. The number of ketones is 1. The normalized spacial score (nSPS) is 13.2. The first-order chi connectivity index (χ1) is 6.09. The topological polar surface area (TPSA) is 58.9 Å². The van der Waals surface area contributed by atoms with Gasteiger partial charge in [0.1, 0.15) is 0 Å². The van der Waals surface area contributed by atoms with E-state index < -0.39 is 11.1 Å². The summed E-state index contributed by atoms with van der Waals surface area (Å²) in [7, 11) is 0. The Morgan fingerprint density at radius 1 is 1.00 bits per heavy atom. The Morgan fingerprint density at radius 3 is 1.64 bits per heavy atom. The van der Waals surface area contributed by atoms with Crippen molar-refractivity contribution in [2.24, 2.45) is 10.2 Å². The molecule has 14 heavy (non-hydrogen) atoms. The van der Waals surface area contributed by atoms with Gasteiger partial charge in [0, 0.05) is 0 Å². The summed E-state index contributed by atoms with van der Waals surface area (Å²) in [6, 6.07) is 0. The molecule has 0 radical (unpaired) electrons. The van der Waals surface area contributed by atoms with Crippen LogP contribution >= 0.6 is 0 Å². The summed E-state index contributed by atoms with van der Waals surface area (Å²) in [5.41, 5.74) is -1.68. The van der Waals surface area contributed by atoms with E-state index in [1.807, 2.05) is 0 Å². The molecule has 0 rings (SSSR count). The Kier molecular flexibility index (Phi) is 4.31. The second kappa shape index (κ2) is 4.43. The van der Waals surface area contributed by atoms with E-state index in [1.165, 1.54) is 26.7 Å². The molecule has 0 N–H and O–H groups in total. The average Bonchev–Trinajstić information content (AvgIpc) is 2.01. The van der Waals surface area contributed by atoms with E-state index in [9.17, 15) is 9.59 Å². The molecule has 0 aromatic carbocycles. The van der Waals surface area contributed by atoms with Gasteiger partial charge in [0.15, 0.2) is 0 Å². The van der Waals surface area contributed by atoms with Gasteiger partial charge in [-0.1, -0.05) is 0 Å². The molecule has 0 bridgehead atoms. The van der Waals surface area contributed by atoms with Crippen molar-refractivity contribution in [1.29, 1.82) is 0 Å². The number of rotatable bonds is 4. The molecule has 0 aliphatic rings. The van der Waals surface area contributed by atoms with Crippen molar-refractivity contribution in [2.75, 3.05) is 0 Å². The minimum absolute atomic E-state index is 0.0589. The molecule has 0 aliphatic heterocycles. The summed E-state index contributed by atoms with van der Waals surface area (Å²) in [6.07, 6.45) is 0. The first kappa shape index (κ1) is 13.6. The average molecular weight is 279 g/mol. The van der Waals surface area contributed by atoms with Crippen molar-refractivity contribution in [3.8, 4) is 0 Å². The van der Waals surface area contributed by atoms with Crippen LogP contribution in [0.4, 0.5) is 0 Å². The van der Waals surface area contributed by atoms with Gasteiger partial charge in [0.05, 0.1) is 0 Å². The van der Waals surface area contributed by atoms with E-state index >= 15 is 0 Å². The third-order valence-electron chi connectivity index (χ3n) is 1.91. The first-order valence-electron chi connectivity index (χ1n) is 4.26. The van der Waals surface area contributed by atoms with Crippen LogP contribution in [0.1, 0.15) is 34.6 Å². The third-order valence-corrected chi connectivity index (χ3v) is 3.14. The summed E-state index contributed by atoms with van der Waals surface area (Å²) in [5.74, 6) is -0.0681. The fraction of sp³-hybridized carbons (Fsp3) is 0.778. The third kappa shape index (κ3) is 3.79. The molecule has 0 amide bonds. The van der Waals surface area contributed by atoms with Crippen LogP contribution in [0.5, 0.6) is 0 Å². The van der Waals surface area contributed by atoms with Gasteiger partial charge in [-0.2, -0.15) is 0 Å². The summed E-state index contributed by atoms with van der Waals surface area (Å²) in [6.45, 7) is 8.17. The number of carbonyl (C=O) groups is 2. The summed E-state index contributed by atoms with van der Waals surface area (Å²) in [5, 5.41) is 7.81. The maximum atomic E-state index is 11.1. The molecule has 0 unspecified atom stereocenters. The fourth-order valence-electron chi connectivity index (χ4n) is 0.361. The van der Waals surface area contributed by atoms with Crippen molar-refractivity contribution in [2.45, 2.75) is 45.7 Å². The van der Waals surface area contributed by atoms with Gasteiger partial charge in [-0.05, 0) is 0 Å². The van der Waals surface area contributed by atoms with Gasteiger partial charge in [0.25, 0.3) is 0 Å². The molecule has 0 fully saturated rings. The van der Waals surface area contributed by atoms with Crippen molar-refractivity contribution >= 4 is 9.96 Å². The van der Waals surface area contributed by atoms with Crippen LogP contribution in [-0.4, -0.2) is 21.0 Å². The number of carbonyl (C=O) groups excluding carboxylic acids is 2. The SMILES string of the molecule is CC(=O)C(C)(C)N=NC(C)(C)[C](=O)[Mo]. The Morgan fingerprint density at radius 2 is 1.36 bits per heavy atom. The zero-order chi connectivity index (χ0) is 11.6. The van der Waals surface area contributed by atoms with E-state index in [1.54, 1.807) is 27.7 Å². The molecule has 0 aromatic heterocycles. The zero-order valence-corrected chi connectivity index (χ0v) is 11.1. The van der Waals surface area contributed by atoms with Crippen molar-refractivity contribution in [1.82, 2.24) is 0 Å². The molecular formula is C9H15MoN2O2.